The first-order chi connectivity index (χ1) is 14.8. The molecule has 1 aliphatic heterocycles. The maximum absolute atomic E-state index is 12.1. The van der Waals surface area contributed by atoms with Crippen molar-refractivity contribution in [1.29, 1.82) is 0 Å². The number of pyridine rings is 1. The van der Waals surface area contributed by atoms with Gasteiger partial charge in [-0.05, 0) is 39.3 Å². The monoisotopic (exact) mass is 463 g/mol. The van der Waals surface area contributed by atoms with Gasteiger partial charge in [0.25, 0.3) is 0 Å². The van der Waals surface area contributed by atoms with E-state index >= 15 is 0 Å². The third-order valence-electron chi connectivity index (χ3n) is 4.85. The van der Waals surface area contributed by atoms with E-state index in [1.807, 2.05) is 5.94 Å². The highest BCUT2D eigenvalue weighted by Crippen LogP contribution is 2.43. The van der Waals surface area contributed by atoms with Gasteiger partial charge in [-0.3, -0.25) is 4.90 Å². The van der Waals surface area contributed by atoms with Gasteiger partial charge >= 0.3 is 12.1 Å². The maximum Gasteiger partial charge on any atom is 0.408 e. The van der Waals surface area contributed by atoms with Gasteiger partial charge < -0.3 is 19.9 Å². The topological polar surface area (TPSA) is 118 Å². The number of rotatable bonds is 9. The van der Waals surface area contributed by atoms with Crippen molar-refractivity contribution >= 4 is 31.9 Å². The third-order valence-corrected chi connectivity index (χ3v) is 6.55. The van der Waals surface area contributed by atoms with Gasteiger partial charge in [0.1, 0.15) is 35.8 Å². The van der Waals surface area contributed by atoms with Crippen molar-refractivity contribution in [1.82, 2.24) is 10.3 Å². The SMILES string of the molecule is CC(C)(C)OC(=O)NC(CC1C(=C=O)N(COCC[Si](C)(C)C)c2ncccc21)C(=O)O. The average molecular weight is 464 g/mol. The number of ether oxygens (including phenoxy) is 2. The summed E-state index contributed by atoms with van der Waals surface area (Å²) in [5, 5.41) is 12.1. The Balaban J connectivity index is 2.20. The lowest BCUT2D eigenvalue weighted by atomic mass is 9.92. The minimum Gasteiger partial charge on any atom is -0.480 e. The van der Waals surface area contributed by atoms with Crippen molar-refractivity contribution in [2.24, 2.45) is 0 Å². The van der Waals surface area contributed by atoms with Crippen LogP contribution in [0, 0.1) is 0 Å². The lowest BCUT2D eigenvalue weighted by Crippen LogP contribution is -2.44. The molecular weight excluding hydrogens is 430 g/mol. The quantitative estimate of drug-likeness (QED) is 0.325. The molecule has 0 aromatic carbocycles. The highest BCUT2D eigenvalue weighted by atomic mass is 28.3. The van der Waals surface area contributed by atoms with Crippen LogP contribution in [0.5, 0.6) is 0 Å². The van der Waals surface area contributed by atoms with Crippen LogP contribution >= 0.6 is 0 Å². The highest BCUT2D eigenvalue weighted by molar-refractivity contribution is 6.76. The van der Waals surface area contributed by atoms with Crippen molar-refractivity contribution in [2.75, 3.05) is 18.2 Å². The molecule has 0 aliphatic carbocycles. The summed E-state index contributed by atoms with van der Waals surface area (Å²) in [6.45, 7) is 12.5. The molecule has 1 amide bonds. The van der Waals surface area contributed by atoms with Crippen LogP contribution in [0.2, 0.25) is 25.7 Å². The zero-order chi connectivity index (χ0) is 24.1. The predicted molar refractivity (Wildman–Crippen MR) is 123 cm³/mol. The first-order valence-electron chi connectivity index (χ1n) is 10.6. The molecule has 1 aliphatic rings. The molecular formula is C22H33N3O6Si. The fourth-order valence-electron chi connectivity index (χ4n) is 3.29. The lowest BCUT2D eigenvalue weighted by Gasteiger charge is -2.24. The molecule has 1 aromatic rings. The number of carboxylic acids is 1. The normalized spacial score (nSPS) is 16.9. The number of carbonyl (C=O) groups is 2. The second-order valence-electron chi connectivity index (χ2n) is 10.0. The summed E-state index contributed by atoms with van der Waals surface area (Å²) in [7, 11) is -1.27. The van der Waals surface area contributed by atoms with E-state index < -0.39 is 37.7 Å². The Morgan fingerprint density at radius 3 is 2.59 bits per heavy atom. The van der Waals surface area contributed by atoms with Gasteiger partial charge in [0, 0.05) is 32.4 Å². The summed E-state index contributed by atoms with van der Waals surface area (Å²) in [5.74, 6) is 0.652. The van der Waals surface area contributed by atoms with Crippen molar-refractivity contribution in [3.63, 3.8) is 0 Å². The summed E-state index contributed by atoms with van der Waals surface area (Å²) in [6, 6.07) is 3.22. The molecule has 2 rings (SSSR count). The van der Waals surface area contributed by atoms with E-state index in [1.54, 1.807) is 44.0 Å². The van der Waals surface area contributed by atoms with Crippen molar-refractivity contribution in [3.8, 4) is 0 Å². The third kappa shape index (κ3) is 7.18. The summed E-state index contributed by atoms with van der Waals surface area (Å²) in [6.07, 6.45) is 0.715. The molecule has 1 aromatic heterocycles. The molecule has 32 heavy (non-hydrogen) atoms. The van der Waals surface area contributed by atoms with Crippen molar-refractivity contribution in [3.05, 3.63) is 29.6 Å². The second kappa shape index (κ2) is 10.3. The number of aliphatic carboxylic acids is 1. The van der Waals surface area contributed by atoms with E-state index in [-0.39, 0.29) is 18.8 Å². The van der Waals surface area contributed by atoms with E-state index in [2.05, 4.69) is 29.9 Å². The van der Waals surface area contributed by atoms with E-state index in [0.717, 1.165) is 6.04 Å². The summed E-state index contributed by atoms with van der Waals surface area (Å²) in [4.78, 5) is 41.9. The molecule has 0 saturated heterocycles. The van der Waals surface area contributed by atoms with Gasteiger partial charge in [-0.1, -0.05) is 25.7 Å². The first-order valence-corrected chi connectivity index (χ1v) is 14.3. The number of carbonyl (C=O) groups excluding carboxylic acids is 2. The smallest absolute Gasteiger partial charge is 0.408 e. The number of anilines is 1. The number of allylic oxidation sites excluding steroid dienone is 1. The van der Waals surface area contributed by atoms with E-state index in [0.29, 0.717) is 18.0 Å². The van der Waals surface area contributed by atoms with Crippen LogP contribution in [0.4, 0.5) is 10.6 Å². The first kappa shape index (κ1) is 25.6. The van der Waals surface area contributed by atoms with Crippen LogP contribution in [0.25, 0.3) is 0 Å². The van der Waals surface area contributed by atoms with E-state index in [4.69, 9.17) is 9.47 Å². The van der Waals surface area contributed by atoms with Crippen LogP contribution in [0.3, 0.4) is 0 Å². The van der Waals surface area contributed by atoms with Crippen LogP contribution in [-0.2, 0) is 19.1 Å². The number of carboxylic acid groups (broad SMARTS) is 1. The van der Waals surface area contributed by atoms with Gasteiger partial charge in [-0.2, -0.15) is 0 Å². The molecule has 0 spiro atoms. The fraction of sp³-hybridized carbons (Fsp3) is 0.591. The van der Waals surface area contributed by atoms with E-state index in [1.165, 1.54) is 0 Å². The number of nitrogens with zero attached hydrogens (tertiary/aromatic N) is 2. The number of fused-ring (bicyclic) bond motifs is 1. The molecule has 2 unspecified atom stereocenters. The van der Waals surface area contributed by atoms with E-state index in [9.17, 15) is 19.5 Å². The molecule has 2 atom stereocenters. The Morgan fingerprint density at radius 2 is 2.03 bits per heavy atom. The molecule has 0 fully saturated rings. The van der Waals surface area contributed by atoms with Crippen LogP contribution in [0.15, 0.2) is 24.0 Å². The standard InChI is InChI=1S/C22H33N3O6Si/c1-22(2,3)31-21(29)24-17(20(27)28)12-16-15-8-7-9-23-19(15)25(18(16)13-26)14-30-10-11-32(4,5)6/h7-9,16-17H,10-12,14H2,1-6H3,(H,24,29)(H,27,28). The number of alkyl carbamates (subject to hydrolysis) is 1. The van der Waals surface area contributed by atoms with Gasteiger partial charge in [0.2, 0.25) is 0 Å². The molecule has 2 heterocycles. The molecule has 9 nitrogen and oxygen atoms in total. The Labute approximate surface area is 189 Å². The number of hydrogen-bond donors (Lipinski definition) is 2. The minimum absolute atomic E-state index is 0.0523. The molecule has 0 saturated carbocycles. The molecule has 2 N–H and O–H groups in total. The molecule has 176 valence electrons. The van der Waals surface area contributed by atoms with Gasteiger partial charge in [0.05, 0.1) is 0 Å². The summed E-state index contributed by atoms with van der Waals surface area (Å²) >= 11 is 0. The van der Waals surface area contributed by atoms with Crippen LogP contribution < -0.4 is 10.2 Å². The Hall–Kier alpha value is -2.68. The molecule has 0 bridgehead atoms. The van der Waals surface area contributed by atoms with Crippen LogP contribution in [0.1, 0.15) is 38.7 Å². The number of nitrogens with one attached hydrogen (secondary N) is 1. The highest BCUT2D eigenvalue weighted by Gasteiger charge is 2.39. The Morgan fingerprint density at radius 1 is 1.34 bits per heavy atom. The predicted octanol–water partition coefficient (Wildman–Crippen LogP) is 3.38. The van der Waals surface area contributed by atoms with Crippen molar-refractivity contribution in [2.45, 2.75) is 70.4 Å². The Bertz CT molecular complexity index is 886. The summed E-state index contributed by atoms with van der Waals surface area (Å²) in [5.41, 5.74) is 0.162. The second-order valence-corrected chi connectivity index (χ2v) is 15.6. The number of hydrogen-bond acceptors (Lipinski definition) is 7. The lowest BCUT2D eigenvalue weighted by molar-refractivity contribution is -0.139. The van der Waals surface area contributed by atoms with Gasteiger partial charge in [-0.15, -0.1) is 0 Å². The van der Waals surface area contributed by atoms with Gasteiger partial charge in [-0.25, -0.2) is 19.4 Å². The average Bonchev–Trinajstić information content (AvgIpc) is 2.95. The largest absolute Gasteiger partial charge is 0.480 e. The zero-order valence-corrected chi connectivity index (χ0v) is 20.6. The minimum atomic E-state index is -1.27. The van der Waals surface area contributed by atoms with Gasteiger partial charge in [0.15, 0.2) is 0 Å². The van der Waals surface area contributed by atoms with Crippen molar-refractivity contribution < 1.29 is 29.0 Å². The fourth-order valence-corrected chi connectivity index (χ4v) is 4.05. The zero-order valence-electron chi connectivity index (χ0n) is 19.6. The molecule has 0 radical (unpaired) electrons. The Kier molecular flexibility index (Phi) is 8.22. The number of aromatic nitrogens is 1. The number of amides is 1. The maximum atomic E-state index is 12.1. The summed E-state index contributed by atoms with van der Waals surface area (Å²) < 4.78 is 11.0. The molecule has 10 heteroatoms. The van der Waals surface area contributed by atoms with Crippen LogP contribution in [-0.4, -0.2) is 61.1 Å².